The zero-order chi connectivity index (χ0) is 17.3. The van der Waals surface area contributed by atoms with Crippen LogP contribution in [0.15, 0.2) is 35.8 Å². The standard InChI is InChI=1S/C18H21O5P/c1-17(2,3)15-13(20-10-18(15,4)5)11-7-6-8-12(9-11)14-16-22-24(19,21-14)23-16/h6-9H,10H2,1-5H3. The summed E-state index contributed by atoms with van der Waals surface area (Å²) < 4.78 is 33.2. The molecule has 2 bridgehead atoms. The number of rotatable bonds is 2. The summed E-state index contributed by atoms with van der Waals surface area (Å²) in [5.74, 6) is 1.52. The largest absolute Gasteiger partial charge is 0.652 e. The molecule has 0 aliphatic carbocycles. The normalized spacial score (nSPS) is 23.2. The van der Waals surface area contributed by atoms with Gasteiger partial charge in [0.25, 0.3) is 0 Å². The molecule has 4 aliphatic rings. The Labute approximate surface area is 141 Å². The molecule has 24 heavy (non-hydrogen) atoms. The van der Waals surface area contributed by atoms with E-state index in [1.165, 1.54) is 5.57 Å². The zero-order valence-corrected chi connectivity index (χ0v) is 15.4. The highest BCUT2D eigenvalue weighted by Gasteiger charge is 2.56. The number of benzene rings is 1. The summed E-state index contributed by atoms with van der Waals surface area (Å²) in [6.45, 7) is 11.7. The van der Waals surface area contributed by atoms with Crippen LogP contribution in [-0.4, -0.2) is 6.61 Å². The molecule has 1 aromatic rings. The van der Waals surface area contributed by atoms with Gasteiger partial charge in [0.2, 0.25) is 5.76 Å². The van der Waals surface area contributed by atoms with Gasteiger partial charge in [0.1, 0.15) is 5.76 Å². The van der Waals surface area contributed by atoms with E-state index in [1.807, 2.05) is 24.3 Å². The second-order valence-corrected chi connectivity index (χ2v) is 9.49. The first-order valence-electron chi connectivity index (χ1n) is 8.01. The van der Waals surface area contributed by atoms with Crippen molar-refractivity contribution in [1.29, 1.82) is 0 Å². The number of ether oxygens (including phenoxy) is 1. The van der Waals surface area contributed by atoms with Crippen LogP contribution in [0.4, 0.5) is 0 Å². The van der Waals surface area contributed by atoms with Gasteiger partial charge in [-0.25, -0.2) is 0 Å². The van der Waals surface area contributed by atoms with E-state index in [0.29, 0.717) is 12.4 Å². The SMILES string of the molecule is CC(C)(C)C1=C(c2cccc(C3=C4OP(=O)(O4)O3)c2)OCC1(C)C. The molecule has 4 aliphatic heterocycles. The summed E-state index contributed by atoms with van der Waals surface area (Å²) >= 11 is 0. The van der Waals surface area contributed by atoms with Crippen molar-refractivity contribution in [1.82, 2.24) is 0 Å². The average Bonchev–Trinajstić information content (AvgIpc) is 3.05. The van der Waals surface area contributed by atoms with E-state index >= 15 is 0 Å². The second-order valence-electron chi connectivity index (χ2n) is 8.05. The average molecular weight is 348 g/mol. The van der Waals surface area contributed by atoms with Gasteiger partial charge < -0.3 is 18.3 Å². The fraction of sp³-hybridized carbons (Fsp3) is 0.444. The summed E-state index contributed by atoms with van der Waals surface area (Å²) in [6, 6.07) is 7.78. The molecule has 0 unspecified atom stereocenters. The highest BCUT2D eigenvalue weighted by Crippen LogP contribution is 2.72. The molecule has 6 heteroatoms. The lowest BCUT2D eigenvalue weighted by atomic mass is 9.71. The molecule has 5 rings (SSSR count). The minimum atomic E-state index is -3.34. The van der Waals surface area contributed by atoms with E-state index in [1.54, 1.807) is 0 Å². The molecule has 1 fully saturated rings. The Hall–Kier alpha value is -1.87. The highest BCUT2D eigenvalue weighted by molar-refractivity contribution is 7.51. The monoisotopic (exact) mass is 348 g/mol. The van der Waals surface area contributed by atoms with Crippen molar-refractivity contribution in [3.8, 4) is 0 Å². The van der Waals surface area contributed by atoms with Gasteiger partial charge in [0, 0.05) is 16.5 Å². The van der Waals surface area contributed by atoms with Gasteiger partial charge in [-0.1, -0.05) is 52.8 Å². The van der Waals surface area contributed by atoms with Crippen molar-refractivity contribution in [2.45, 2.75) is 34.6 Å². The van der Waals surface area contributed by atoms with Crippen LogP contribution in [0, 0.1) is 10.8 Å². The Morgan fingerprint density at radius 1 is 1.04 bits per heavy atom. The van der Waals surface area contributed by atoms with Gasteiger partial charge in [0.05, 0.1) is 6.61 Å². The third-order valence-corrected chi connectivity index (χ3v) is 5.58. The number of fused-ring (bicyclic) bond motifs is 1. The van der Waals surface area contributed by atoms with Crippen LogP contribution in [-0.2, 0) is 22.9 Å². The number of phosphoric acid groups is 1. The van der Waals surface area contributed by atoms with Crippen molar-refractivity contribution in [2.75, 3.05) is 6.61 Å². The molecule has 0 spiro atoms. The minimum Gasteiger partial charge on any atom is -0.492 e. The van der Waals surface area contributed by atoms with Gasteiger partial charge >= 0.3 is 13.8 Å². The Kier molecular flexibility index (Phi) is 3.00. The fourth-order valence-electron chi connectivity index (χ4n) is 3.74. The third kappa shape index (κ3) is 2.26. The Bertz CT molecular complexity index is 829. The Morgan fingerprint density at radius 2 is 1.67 bits per heavy atom. The fourth-order valence-corrected chi connectivity index (χ4v) is 4.80. The Morgan fingerprint density at radius 3 is 2.21 bits per heavy atom. The topological polar surface area (TPSA) is 54.0 Å². The van der Waals surface area contributed by atoms with Crippen LogP contribution in [0.25, 0.3) is 11.5 Å². The number of hydrogen-bond donors (Lipinski definition) is 0. The predicted octanol–water partition coefficient (Wildman–Crippen LogP) is 5.31. The molecule has 128 valence electrons. The highest BCUT2D eigenvalue weighted by atomic mass is 31.2. The summed E-state index contributed by atoms with van der Waals surface area (Å²) in [5, 5.41) is 0. The van der Waals surface area contributed by atoms with Gasteiger partial charge in [-0.2, -0.15) is 4.57 Å². The van der Waals surface area contributed by atoms with Crippen molar-refractivity contribution < 1.29 is 22.9 Å². The molecule has 0 radical (unpaired) electrons. The molecule has 5 nitrogen and oxygen atoms in total. The zero-order valence-electron chi connectivity index (χ0n) is 14.5. The van der Waals surface area contributed by atoms with Crippen LogP contribution >= 0.6 is 7.82 Å². The maximum Gasteiger partial charge on any atom is 0.652 e. The van der Waals surface area contributed by atoms with Gasteiger partial charge in [-0.05, 0) is 17.1 Å². The van der Waals surface area contributed by atoms with E-state index in [-0.39, 0.29) is 16.8 Å². The van der Waals surface area contributed by atoms with Crippen molar-refractivity contribution in [3.63, 3.8) is 0 Å². The summed E-state index contributed by atoms with van der Waals surface area (Å²) in [7, 11) is -3.34. The third-order valence-electron chi connectivity index (χ3n) is 4.40. The molecular formula is C18H21O5P. The molecular weight excluding hydrogens is 327 g/mol. The maximum absolute atomic E-state index is 11.7. The summed E-state index contributed by atoms with van der Waals surface area (Å²) in [5.41, 5.74) is 3.01. The van der Waals surface area contributed by atoms with E-state index in [9.17, 15) is 4.57 Å². The van der Waals surface area contributed by atoms with Gasteiger partial charge in [-0.3, -0.25) is 0 Å². The van der Waals surface area contributed by atoms with Crippen molar-refractivity contribution in [2.24, 2.45) is 10.8 Å². The molecule has 1 saturated heterocycles. The van der Waals surface area contributed by atoms with E-state index in [2.05, 4.69) is 34.6 Å². The van der Waals surface area contributed by atoms with Crippen LogP contribution in [0.5, 0.6) is 0 Å². The molecule has 0 amide bonds. The van der Waals surface area contributed by atoms with Crippen LogP contribution < -0.4 is 0 Å². The molecule has 0 aromatic heterocycles. The van der Waals surface area contributed by atoms with Crippen molar-refractivity contribution in [3.05, 3.63) is 46.9 Å². The first-order valence-corrected chi connectivity index (χ1v) is 9.47. The second kappa shape index (κ2) is 4.60. The molecule has 4 heterocycles. The predicted molar refractivity (Wildman–Crippen MR) is 90.3 cm³/mol. The van der Waals surface area contributed by atoms with Crippen molar-refractivity contribution >= 4 is 19.3 Å². The quantitative estimate of drug-likeness (QED) is 0.678. The van der Waals surface area contributed by atoms with Gasteiger partial charge in [-0.15, -0.1) is 0 Å². The lowest BCUT2D eigenvalue weighted by Crippen LogP contribution is -2.24. The molecule has 0 atom stereocenters. The number of hydrogen-bond acceptors (Lipinski definition) is 5. The smallest absolute Gasteiger partial charge is 0.492 e. The van der Waals surface area contributed by atoms with E-state index in [0.717, 1.165) is 16.9 Å². The summed E-state index contributed by atoms with van der Waals surface area (Å²) in [6.07, 6.45) is 0. The first-order chi connectivity index (χ1) is 11.1. The van der Waals surface area contributed by atoms with Crippen LogP contribution in [0.1, 0.15) is 45.7 Å². The number of phosphoric ester groups is 1. The lowest BCUT2D eigenvalue weighted by molar-refractivity contribution is 0.0985. The Balaban J connectivity index is 1.79. The first kappa shape index (κ1) is 15.6. The minimum absolute atomic E-state index is 0.00446. The maximum atomic E-state index is 11.7. The van der Waals surface area contributed by atoms with Crippen LogP contribution in [0.3, 0.4) is 0 Å². The van der Waals surface area contributed by atoms with E-state index < -0.39 is 7.82 Å². The molecule has 0 N–H and O–H groups in total. The van der Waals surface area contributed by atoms with Gasteiger partial charge in [0.15, 0.2) is 0 Å². The lowest BCUT2D eigenvalue weighted by Gasteiger charge is -2.30. The summed E-state index contributed by atoms with van der Waals surface area (Å²) in [4.78, 5) is 0. The van der Waals surface area contributed by atoms with Crippen LogP contribution in [0.2, 0.25) is 0 Å². The molecule has 0 saturated carbocycles. The van der Waals surface area contributed by atoms with E-state index in [4.69, 9.17) is 18.3 Å². The molecule has 1 aromatic carbocycles.